The minimum absolute atomic E-state index is 0.123. The van der Waals surface area contributed by atoms with Gasteiger partial charge in [-0.1, -0.05) is 13.8 Å². The van der Waals surface area contributed by atoms with Gasteiger partial charge in [0.1, 0.15) is 11.5 Å². The minimum atomic E-state index is -0.650. The van der Waals surface area contributed by atoms with Crippen LogP contribution in [-0.2, 0) is 30.3 Å². The van der Waals surface area contributed by atoms with Crippen molar-refractivity contribution in [3.63, 3.8) is 0 Å². The molecule has 0 spiro atoms. The molecule has 0 unspecified atom stereocenters. The molecule has 1 saturated heterocycles. The third kappa shape index (κ3) is 6.23. The van der Waals surface area contributed by atoms with Crippen molar-refractivity contribution in [2.45, 2.75) is 27.2 Å². The number of thioether (sulfide) groups is 1. The van der Waals surface area contributed by atoms with E-state index in [1.807, 2.05) is 19.2 Å². The average molecular weight is 429 g/mol. The summed E-state index contributed by atoms with van der Waals surface area (Å²) in [6, 6.07) is 0. The van der Waals surface area contributed by atoms with E-state index >= 15 is 0 Å². The molecule has 0 saturated carbocycles. The zero-order valence-electron chi connectivity index (χ0n) is 16.1. The molecule has 154 valence electrons. The van der Waals surface area contributed by atoms with Crippen molar-refractivity contribution >= 4 is 51.9 Å². The van der Waals surface area contributed by atoms with Gasteiger partial charge in [0.05, 0.1) is 23.8 Å². The Balaban J connectivity index is 1.95. The number of hydrogen-bond donors (Lipinski definition) is 1. The second kappa shape index (κ2) is 10.5. The normalized spacial score (nSPS) is 13.7. The highest BCUT2D eigenvalue weighted by molar-refractivity contribution is 8.00. The van der Waals surface area contributed by atoms with Crippen molar-refractivity contribution in [1.82, 2.24) is 4.90 Å². The zero-order valence-corrected chi connectivity index (χ0v) is 17.7. The van der Waals surface area contributed by atoms with Crippen molar-refractivity contribution in [2.75, 3.05) is 36.7 Å². The van der Waals surface area contributed by atoms with E-state index in [1.165, 1.54) is 28.0 Å². The molecule has 0 atom stereocenters. The van der Waals surface area contributed by atoms with Crippen LogP contribution in [0.15, 0.2) is 5.38 Å². The maximum absolute atomic E-state index is 12.3. The summed E-state index contributed by atoms with van der Waals surface area (Å²) in [6.07, 6.45) is 0.678. The van der Waals surface area contributed by atoms with Crippen molar-refractivity contribution in [2.24, 2.45) is 5.92 Å². The number of rotatable bonds is 9. The van der Waals surface area contributed by atoms with Gasteiger partial charge in [-0.3, -0.25) is 14.4 Å². The van der Waals surface area contributed by atoms with Gasteiger partial charge < -0.3 is 19.7 Å². The highest BCUT2D eigenvalue weighted by Crippen LogP contribution is 2.31. The third-order valence-electron chi connectivity index (χ3n) is 3.74. The molecule has 8 nitrogen and oxygen atoms in total. The minimum Gasteiger partial charge on any atom is -0.462 e. The van der Waals surface area contributed by atoms with Crippen molar-refractivity contribution < 1.29 is 28.7 Å². The molecule has 2 amide bonds. The lowest BCUT2D eigenvalue weighted by Gasteiger charge is -2.13. The van der Waals surface area contributed by atoms with E-state index in [-0.39, 0.29) is 19.1 Å². The van der Waals surface area contributed by atoms with Gasteiger partial charge in [0.2, 0.25) is 5.91 Å². The lowest BCUT2D eigenvalue weighted by atomic mass is 10.0. The van der Waals surface area contributed by atoms with Gasteiger partial charge in [0.15, 0.2) is 6.61 Å². The first-order chi connectivity index (χ1) is 13.3. The van der Waals surface area contributed by atoms with Crippen LogP contribution in [0.5, 0.6) is 0 Å². The summed E-state index contributed by atoms with van der Waals surface area (Å²) >= 11 is 2.65. The Hall–Kier alpha value is -2.07. The number of nitrogens with one attached hydrogen (secondary N) is 1. The van der Waals surface area contributed by atoms with Crippen LogP contribution in [0.1, 0.15) is 36.7 Å². The Morgan fingerprint density at radius 3 is 2.64 bits per heavy atom. The van der Waals surface area contributed by atoms with Gasteiger partial charge in [-0.25, -0.2) is 4.79 Å². The standard InChI is InChI=1S/C18H24N2O6S2/c1-4-25-18(24)16-12(5-11(2)3)8-28-17(16)19-13(21)7-26-15(23)6-20-10-27-9-14(20)22/h8,11H,4-7,9-10H2,1-3H3,(H,19,21). The van der Waals surface area contributed by atoms with Crippen LogP contribution >= 0.6 is 23.1 Å². The van der Waals surface area contributed by atoms with Gasteiger partial charge in [-0.05, 0) is 30.2 Å². The van der Waals surface area contributed by atoms with Gasteiger partial charge >= 0.3 is 11.9 Å². The van der Waals surface area contributed by atoms with Gasteiger partial charge in [0, 0.05) is 0 Å². The number of thiophene rings is 1. The second-order valence-corrected chi connectivity index (χ2v) is 8.40. The number of anilines is 1. The molecular weight excluding hydrogens is 404 g/mol. The Kier molecular flexibility index (Phi) is 8.31. The summed E-state index contributed by atoms with van der Waals surface area (Å²) in [5.74, 6) is -0.697. The summed E-state index contributed by atoms with van der Waals surface area (Å²) in [5, 5.41) is 4.82. The first-order valence-corrected chi connectivity index (χ1v) is 10.9. The fourth-order valence-electron chi connectivity index (χ4n) is 2.55. The molecule has 1 aromatic heterocycles. The maximum atomic E-state index is 12.3. The molecule has 2 heterocycles. The third-order valence-corrected chi connectivity index (χ3v) is 5.63. The second-order valence-electron chi connectivity index (χ2n) is 6.56. The van der Waals surface area contributed by atoms with Crippen molar-refractivity contribution in [3.8, 4) is 0 Å². The molecule has 1 fully saturated rings. The molecule has 1 aromatic rings. The first-order valence-electron chi connectivity index (χ1n) is 8.90. The molecule has 1 aliphatic heterocycles. The van der Waals surface area contributed by atoms with Crippen molar-refractivity contribution in [3.05, 3.63) is 16.5 Å². The number of amides is 2. The lowest BCUT2D eigenvalue weighted by molar-refractivity contribution is -0.150. The van der Waals surface area contributed by atoms with Gasteiger partial charge in [-0.2, -0.15) is 0 Å². The monoisotopic (exact) mass is 428 g/mol. The van der Waals surface area contributed by atoms with Crippen LogP contribution in [0.4, 0.5) is 5.00 Å². The van der Waals surface area contributed by atoms with Gasteiger partial charge in [-0.15, -0.1) is 23.1 Å². The predicted octanol–water partition coefficient (Wildman–Crippen LogP) is 2.14. The molecule has 0 bridgehead atoms. The smallest absolute Gasteiger partial charge is 0.341 e. The molecule has 1 aliphatic rings. The van der Waals surface area contributed by atoms with Crippen LogP contribution < -0.4 is 5.32 Å². The summed E-state index contributed by atoms with van der Waals surface area (Å²) in [6.45, 7) is 5.35. The number of esters is 2. The Morgan fingerprint density at radius 2 is 2.04 bits per heavy atom. The number of carbonyl (C=O) groups excluding carboxylic acids is 4. The average Bonchev–Trinajstić information content (AvgIpc) is 3.19. The molecular formula is C18H24N2O6S2. The van der Waals surface area contributed by atoms with E-state index in [4.69, 9.17) is 9.47 Å². The molecule has 2 rings (SSSR count). The Morgan fingerprint density at radius 1 is 1.29 bits per heavy atom. The summed E-state index contributed by atoms with van der Waals surface area (Å²) in [5.41, 5.74) is 1.16. The Bertz CT molecular complexity index is 746. The van der Waals surface area contributed by atoms with E-state index in [1.54, 1.807) is 6.92 Å². The predicted molar refractivity (Wildman–Crippen MR) is 107 cm³/mol. The maximum Gasteiger partial charge on any atom is 0.341 e. The lowest BCUT2D eigenvalue weighted by Crippen LogP contribution is -2.33. The molecule has 0 radical (unpaired) electrons. The van der Waals surface area contributed by atoms with Crippen LogP contribution in [-0.4, -0.2) is 60.0 Å². The number of nitrogens with zero attached hydrogens (tertiary/aromatic N) is 1. The molecule has 10 heteroatoms. The Labute approximate surface area is 171 Å². The number of hydrogen-bond acceptors (Lipinski definition) is 8. The van der Waals surface area contributed by atoms with Crippen LogP contribution in [0.2, 0.25) is 0 Å². The fraction of sp³-hybridized carbons (Fsp3) is 0.556. The zero-order chi connectivity index (χ0) is 20.7. The summed E-state index contributed by atoms with van der Waals surface area (Å²) < 4.78 is 10.0. The molecule has 1 N–H and O–H groups in total. The SMILES string of the molecule is CCOC(=O)c1c(CC(C)C)csc1NC(=O)COC(=O)CN1CSCC1=O. The van der Waals surface area contributed by atoms with E-state index in [2.05, 4.69) is 5.32 Å². The molecule has 28 heavy (non-hydrogen) atoms. The number of carbonyl (C=O) groups is 4. The first kappa shape index (κ1) is 22.2. The highest BCUT2D eigenvalue weighted by Gasteiger charge is 2.25. The topological polar surface area (TPSA) is 102 Å². The van der Waals surface area contributed by atoms with E-state index in [0.29, 0.717) is 34.5 Å². The summed E-state index contributed by atoms with van der Waals surface area (Å²) in [4.78, 5) is 49.2. The van der Waals surface area contributed by atoms with E-state index in [9.17, 15) is 19.2 Å². The van der Waals surface area contributed by atoms with Crippen LogP contribution in [0, 0.1) is 5.92 Å². The fourth-order valence-corrected chi connectivity index (χ4v) is 4.44. The van der Waals surface area contributed by atoms with E-state index < -0.39 is 24.5 Å². The number of ether oxygens (including phenoxy) is 2. The summed E-state index contributed by atoms with van der Waals surface area (Å²) in [7, 11) is 0. The van der Waals surface area contributed by atoms with Crippen LogP contribution in [0.25, 0.3) is 0 Å². The molecule has 0 aromatic carbocycles. The highest BCUT2D eigenvalue weighted by atomic mass is 32.2. The van der Waals surface area contributed by atoms with Crippen molar-refractivity contribution in [1.29, 1.82) is 0 Å². The van der Waals surface area contributed by atoms with E-state index in [0.717, 1.165) is 5.56 Å². The largest absolute Gasteiger partial charge is 0.462 e. The molecule has 0 aliphatic carbocycles. The van der Waals surface area contributed by atoms with Gasteiger partial charge in [0.25, 0.3) is 5.91 Å². The quantitative estimate of drug-likeness (QED) is 0.601. The van der Waals surface area contributed by atoms with Crippen LogP contribution in [0.3, 0.4) is 0 Å².